The Morgan fingerprint density at radius 3 is 3.00 bits per heavy atom. The van der Waals surface area contributed by atoms with Gasteiger partial charge in [-0.3, -0.25) is 14.6 Å². The molecule has 6 nitrogen and oxygen atoms in total. The van der Waals surface area contributed by atoms with Gasteiger partial charge in [0.15, 0.2) is 0 Å². The van der Waals surface area contributed by atoms with Crippen LogP contribution in [0.3, 0.4) is 0 Å². The number of carbonyl (C=O) groups is 2. The van der Waals surface area contributed by atoms with Gasteiger partial charge >= 0.3 is 0 Å². The molecule has 0 radical (unpaired) electrons. The van der Waals surface area contributed by atoms with Gasteiger partial charge in [-0.15, -0.1) is 11.8 Å². The molecule has 2 aliphatic heterocycles. The second kappa shape index (κ2) is 9.37. The summed E-state index contributed by atoms with van der Waals surface area (Å²) in [7, 11) is 0. The van der Waals surface area contributed by atoms with Crippen LogP contribution >= 0.6 is 11.8 Å². The van der Waals surface area contributed by atoms with Crippen molar-refractivity contribution in [3.05, 3.63) is 30.1 Å². The van der Waals surface area contributed by atoms with Crippen LogP contribution in [-0.2, 0) is 16.1 Å². The average Bonchev–Trinajstić information content (AvgIpc) is 3.01. The molecule has 2 amide bonds. The van der Waals surface area contributed by atoms with Crippen molar-refractivity contribution in [1.82, 2.24) is 20.1 Å². The second-order valence-electron chi connectivity index (χ2n) is 6.85. The lowest BCUT2D eigenvalue weighted by Gasteiger charge is -2.35. The predicted molar refractivity (Wildman–Crippen MR) is 104 cm³/mol. The summed E-state index contributed by atoms with van der Waals surface area (Å²) in [5.74, 6) is 1.45. The van der Waals surface area contributed by atoms with Gasteiger partial charge < -0.3 is 15.1 Å². The van der Waals surface area contributed by atoms with Crippen LogP contribution < -0.4 is 5.32 Å². The summed E-state index contributed by atoms with van der Waals surface area (Å²) in [6.07, 6.45) is 5.21. The van der Waals surface area contributed by atoms with Crippen LogP contribution in [0.15, 0.2) is 24.4 Å². The molecule has 1 aromatic rings. The van der Waals surface area contributed by atoms with Gasteiger partial charge in [-0.1, -0.05) is 13.0 Å². The van der Waals surface area contributed by atoms with E-state index < -0.39 is 0 Å². The van der Waals surface area contributed by atoms with Crippen molar-refractivity contribution in [2.75, 3.05) is 24.7 Å². The molecule has 3 heterocycles. The molecule has 2 unspecified atom stereocenters. The largest absolute Gasteiger partial charge is 0.332 e. The van der Waals surface area contributed by atoms with E-state index in [0.717, 1.165) is 38.0 Å². The van der Waals surface area contributed by atoms with Gasteiger partial charge in [-0.2, -0.15) is 0 Å². The molecule has 2 aliphatic rings. The van der Waals surface area contributed by atoms with Crippen LogP contribution in [0.2, 0.25) is 0 Å². The summed E-state index contributed by atoms with van der Waals surface area (Å²) >= 11 is 1.67. The predicted octanol–water partition coefficient (Wildman–Crippen LogP) is 1.86. The highest BCUT2D eigenvalue weighted by Crippen LogP contribution is 2.26. The summed E-state index contributed by atoms with van der Waals surface area (Å²) < 4.78 is 0. The molecule has 142 valence electrons. The Hall–Kier alpha value is -1.60. The summed E-state index contributed by atoms with van der Waals surface area (Å²) in [5, 5.41) is 3.42. The van der Waals surface area contributed by atoms with Crippen molar-refractivity contribution in [3.63, 3.8) is 0 Å². The molecule has 0 spiro atoms. The number of pyridine rings is 1. The highest BCUT2D eigenvalue weighted by Gasteiger charge is 2.38. The molecule has 26 heavy (non-hydrogen) atoms. The number of aromatic nitrogens is 1. The number of amides is 2. The molecule has 0 aliphatic carbocycles. The van der Waals surface area contributed by atoms with E-state index >= 15 is 0 Å². The number of thioether (sulfide) groups is 1. The van der Waals surface area contributed by atoms with E-state index in [2.05, 4.69) is 10.3 Å². The summed E-state index contributed by atoms with van der Waals surface area (Å²) in [6.45, 7) is 4.30. The van der Waals surface area contributed by atoms with Crippen LogP contribution in [0, 0.1) is 0 Å². The van der Waals surface area contributed by atoms with E-state index in [-0.39, 0.29) is 23.9 Å². The fourth-order valence-electron chi connectivity index (χ4n) is 3.65. The Kier molecular flexibility index (Phi) is 6.91. The average molecular weight is 377 g/mol. The summed E-state index contributed by atoms with van der Waals surface area (Å²) in [5.41, 5.74) is 0.900. The van der Waals surface area contributed by atoms with Crippen molar-refractivity contribution in [3.8, 4) is 0 Å². The van der Waals surface area contributed by atoms with Gasteiger partial charge in [0.2, 0.25) is 11.8 Å². The number of nitrogens with zero attached hydrogens (tertiary/aromatic N) is 3. The molecule has 1 aromatic heterocycles. The number of rotatable bonds is 5. The quantitative estimate of drug-likeness (QED) is 0.850. The molecule has 0 aromatic carbocycles. The Balaban J connectivity index is 1.81. The van der Waals surface area contributed by atoms with E-state index in [0.29, 0.717) is 24.6 Å². The molecule has 0 bridgehead atoms. The van der Waals surface area contributed by atoms with Gasteiger partial charge in [-0.25, -0.2) is 0 Å². The summed E-state index contributed by atoms with van der Waals surface area (Å²) in [4.78, 5) is 33.9. The van der Waals surface area contributed by atoms with E-state index in [9.17, 15) is 9.59 Å². The van der Waals surface area contributed by atoms with E-state index in [1.165, 1.54) is 0 Å². The lowest BCUT2D eigenvalue weighted by Crippen LogP contribution is -2.52. The zero-order valence-electron chi connectivity index (χ0n) is 15.4. The first-order valence-electron chi connectivity index (χ1n) is 9.49. The van der Waals surface area contributed by atoms with Gasteiger partial charge in [0.25, 0.3) is 0 Å². The van der Waals surface area contributed by atoms with E-state index in [1.54, 1.807) is 22.9 Å². The maximum absolute atomic E-state index is 13.5. The molecule has 0 saturated carbocycles. The first-order chi connectivity index (χ1) is 12.7. The molecule has 3 rings (SSSR count). The molecule has 1 N–H and O–H groups in total. The van der Waals surface area contributed by atoms with Crippen LogP contribution in [0.5, 0.6) is 0 Å². The minimum Gasteiger partial charge on any atom is -0.332 e. The Morgan fingerprint density at radius 1 is 1.35 bits per heavy atom. The first kappa shape index (κ1) is 19.2. The van der Waals surface area contributed by atoms with Crippen molar-refractivity contribution < 1.29 is 9.59 Å². The smallest absolute Gasteiger partial charge is 0.246 e. The molecule has 2 atom stereocenters. The molecular weight excluding hydrogens is 348 g/mol. The first-order valence-corrected chi connectivity index (χ1v) is 10.6. The van der Waals surface area contributed by atoms with Crippen LogP contribution in [-0.4, -0.2) is 63.4 Å². The molecular formula is C19H28N4O2S. The van der Waals surface area contributed by atoms with Gasteiger partial charge in [0, 0.05) is 24.4 Å². The maximum atomic E-state index is 13.5. The van der Waals surface area contributed by atoms with Crippen molar-refractivity contribution >= 4 is 23.6 Å². The highest BCUT2D eigenvalue weighted by molar-refractivity contribution is 7.99. The van der Waals surface area contributed by atoms with Crippen molar-refractivity contribution in [2.45, 2.75) is 51.2 Å². The van der Waals surface area contributed by atoms with Crippen LogP contribution in [0.1, 0.15) is 38.3 Å². The van der Waals surface area contributed by atoms with Crippen molar-refractivity contribution in [1.29, 1.82) is 0 Å². The zero-order valence-corrected chi connectivity index (χ0v) is 16.2. The normalized spacial score (nSPS) is 23.5. The molecule has 7 heteroatoms. The number of hydrogen-bond acceptors (Lipinski definition) is 5. The topological polar surface area (TPSA) is 65.5 Å². The standard InChI is InChI=1S/C19H28N4O2S/c1-2-18(24)23-14-26-13-17(23)19(25)22(12-15-6-3-4-10-21-15)16-7-5-9-20-11-8-16/h3-4,6,10,16-17,20H,2,5,7-9,11-14H2,1H3. The maximum Gasteiger partial charge on any atom is 0.246 e. The van der Waals surface area contributed by atoms with Gasteiger partial charge in [0.1, 0.15) is 6.04 Å². The third-order valence-electron chi connectivity index (χ3n) is 5.12. The monoisotopic (exact) mass is 376 g/mol. The fraction of sp³-hybridized carbons (Fsp3) is 0.632. The second-order valence-corrected chi connectivity index (χ2v) is 7.85. The SMILES string of the molecule is CCC(=O)N1CSCC1C(=O)N(Cc1ccccn1)C1CCCNCC1. The lowest BCUT2D eigenvalue weighted by molar-refractivity contribution is -0.145. The Morgan fingerprint density at radius 2 is 2.23 bits per heavy atom. The number of nitrogens with one attached hydrogen (secondary N) is 1. The summed E-state index contributed by atoms with van der Waals surface area (Å²) in [6, 6.07) is 5.67. The third-order valence-corrected chi connectivity index (χ3v) is 6.13. The van der Waals surface area contributed by atoms with E-state index in [1.807, 2.05) is 30.0 Å². The fourth-order valence-corrected chi connectivity index (χ4v) is 4.82. The van der Waals surface area contributed by atoms with E-state index in [4.69, 9.17) is 0 Å². The van der Waals surface area contributed by atoms with Gasteiger partial charge in [-0.05, 0) is 44.5 Å². The molecule has 2 saturated heterocycles. The number of hydrogen-bond donors (Lipinski definition) is 1. The Labute approximate surface area is 159 Å². The highest BCUT2D eigenvalue weighted by atomic mass is 32.2. The van der Waals surface area contributed by atoms with Crippen LogP contribution in [0.25, 0.3) is 0 Å². The number of carbonyl (C=O) groups excluding carboxylic acids is 2. The lowest BCUT2D eigenvalue weighted by atomic mass is 10.1. The molecule has 2 fully saturated rings. The third kappa shape index (κ3) is 4.57. The minimum absolute atomic E-state index is 0.0636. The van der Waals surface area contributed by atoms with Gasteiger partial charge in [0.05, 0.1) is 18.1 Å². The zero-order chi connectivity index (χ0) is 18.4. The Bertz CT molecular complexity index is 605. The van der Waals surface area contributed by atoms with Crippen molar-refractivity contribution in [2.24, 2.45) is 0 Å². The minimum atomic E-state index is -0.340. The van der Waals surface area contributed by atoms with Crippen LogP contribution in [0.4, 0.5) is 0 Å².